The van der Waals surface area contributed by atoms with Gasteiger partial charge in [-0.2, -0.15) is 5.10 Å². The van der Waals surface area contributed by atoms with Gasteiger partial charge in [0, 0.05) is 0 Å². The van der Waals surface area contributed by atoms with Gasteiger partial charge in [0.05, 0.1) is 19.1 Å². The first-order valence-corrected chi connectivity index (χ1v) is 10.0. The molecule has 3 rings (SSSR count). The molecule has 166 valence electrons. The smallest absolute Gasteiger partial charge is 0.379 e. The molecule has 0 saturated carbocycles. The minimum absolute atomic E-state index is 0.0869. The Hall–Kier alpha value is -4.07. The Balaban J connectivity index is 1.58. The van der Waals surface area contributed by atoms with Crippen LogP contribution in [0.3, 0.4) is 0 Å². The maximum atomic E-state index is 12.1. The van der Waals surface area contributed by atoms with Crippen LogP contribution < -0.4 is 19.6 Å². The first kappa shape index (κ1) is 22.6. The number of ether oxygens (including phenoxy) is 3. The van der Waals surface area contributed by atoms with Crippen LogP contribution in [-0.4, -0.2) is 31.3 Å². The van der Waals surface area contributed by atoms with Crippen molar-refractivity contribution in [3.63, 3.8) is 0 Å². The molecule has 1 aromatic heterocycles. The van der Waals surface area contributed by atoms with E-state index in [0.29, 0.717) is 23.7 Å². The van der Waals surface area contributed by atoms with Crippen molar-refractivity contribution in [2.45, 2.75) is 20.8 Å². The zero-order valence-corrected chi connectivity index (χ0v) is 18.1. The van der Waals surface area contributed by atoms with Crippen molar-refractivity contribution in [1.82, 2.24) is 5.43 Å². The number of carbonyl (C=O) groups excluding carboxylic acids is 2. The number of rotatable bonds is 9. The second-order valence-corrected chi connectivity index (χ2v) is 6.79. The lowest BCUT2D eigenvalue weighted by Crippen LogP contribution is -2.24. The fourth-order valence-corrected chi connectivity index (χ4v) is 2.74. The van der Waals surface area contributed by atoms with Gasteiger partial charge in [0.2, 0.25) is 5.76 Å². The van der Waals surface area contributed by atoms with Gasteiger partial charge in [0.1, 0.15) is 5.75 Å². The number of nitrogens with zero attached hydrogens (tertiary/aromatic N) is 1. The highest BCUT2D eigenvalue weighted by molar-refractivity contribution is 5.89. The number of furan rings is 1. The molecule has 0 aliphatic heterocycles. The molecule has 8 nitrogen and oxygen atoms in total. The zero-order chi connectivity index (χ0) is 22.9. The van der Waals surface area contributed by atoms with E-state index in [-0.39, 0.29) is 18.1 Å². The topological polar surface area (TPSA) is 99.4 Å². The molecule has 0 unspecified atom stereocenters. The number of hydrogen-bond acceptors (Lipinski definition) is 7. The highest BCUT2D eigenvalue weighted by Gasteiger charge is 2.15. The Morgan fingerprint density at radius 3 is 2.62 bits per heavy atom. The first-order chi connectivity index (χ1) is 15.5. The summed E-state index contributed by atoms with van der Waals surface area (Å²) in [7, 11) is 0. The summed E-state index contributed by atoms with van der Waals surface area (Å²) in [6.45, 7) is 5.94. The number of aryl methyl sites for hydroxylation is 1. The highest BCUT2D eigenvalue weighted by Crippen LogP contribution is 2.29. The molecule has 0 spiro atoms. The fraction of sp³-hybridized carbons (Fsp3) is 0.208. The van der Waals surface area contributed by atoms with E-state index in [9.17, 15) is 9.59 Å². The van der Waals surface area contributed by atoms with E-state index >= 15 is 0 Å². The van der Waals surface area contributed by atoms with Gasteiger partial charge >= 0.3 is 5.97 Å². The largest absolute Gasteiger partial charge is 0.490 e. The van der Waals surface area contributed by atoms with Crippen LogP contribution in [0.4, 0.5) is 0 Å². The highest BCUT2D eigenvalue weighted by atomic mass is 16.6. The van der Waals surface area contributed by atoms with Gasteiger partial charge in [-0.3, -0.25) is 4.79 Å². The third kappa shape index (κ3) is 5.98. The standard InChI is InChI=1S/C24H24N2O6/c1-4-29-22-13-18(10-11-20(22)32-24(28)21-9-6-12-30-21)14-25-26-23(27)15-31-19-8-5-7-16(2)17(19)3/h5-14H,4,15H2,1-3H3,(H,26,27). The fourth-order valence-electron chi connectivity index (χ4n) is 2.74. The quantitative estimate of drug-likeness (QED) is 0.235. The van der Waals surface area contributed by atoms with Crippen LogP contribution >= 0.6 is 0 Å². The predicted molar refractivity (Wildman–Crippen MR) is 118 cm³/mol. The summed E-state index contributed by atoms with van der Waals surface area (Å²) < 4.78 is 21.5. The molecule has 8 heteroatoms. The number of hydrazone groups is 1. The van der Waals surface area contributed by atoms with Gasteiger partial charge in [-0.1, -0.05) is 12.1 Å². The van der Waals surface area contributed by atoms with Gasteiger partial charge in [-0.15, -0.1) is 0 Å². The van der Waals surface area contributed by atoms with Gasteiger partial charge < -0.3 is 18.6 Å². The van der Waals surface area contributed by atoms with Gasteiger partial charge in [0.25, 0.3) is 5.91 Å². The lowest BCUT2D eigenvalue weighted by molar-refractivity contribution is -0.123. The van der Waals surface area contributed by atoms with Crippen molar-refractivity contribution in [2.24, 2.45) is 5.10 Å². The van der Waals surface area contributed by atoms with Crippen molar-refractivity contribution in [3.8, 4) is 17.2 Å². The van der Waals surface area contributed by atoms with E-state index in [1.54, 1.807) is 24.3 Å². The monoisotopic (exact) mass is 436 g/mol. The van der Waals surface area contributed by atoms with Crippen LogP contribution in [0.5, 0.6) is 17.2 Å². The molecule has 0 aliphatic rings. The minimum atomic E-state index is -0.631. The maximum Gasteiger partial charge on any atom is 0.379 e. The lowest BCUT2D eigenvalue weighted by Gasteiger charge is -2.11. The zero-order valence-electron chi connectivity index (χ0n) is 18.1. The van der Waals surface area contributed by atoms with E-state index in [0.717, 1.165) is 11.1 Å². The van der Waals surface area contributed by atoms with Gasteiger partial charge in [-0.25, -0.2) is 10.2 Å². The maximum absolute atomic E-state index is 12.1. The molecule has 0 saturated heterocycles. The average molecular weight is 436 g/mol. The number of esters is 1. The Labute approximate surface area is 185 Å². The summed E-state index contributed by atoms with van der Waals surface area (Å²) in [5, 5.41) is 3.94. The number of amides is 1. The number of carbonyl (C=O) groups is 2. The van der Waals surface area contributed by atoms with E-state index < -0.39 is 11.9 Å². The normalized spacial score (nSPS) is 10.7. The second-order valence-electron chi connectivity index (χ2n) is 6.79. The summed E-state index contributed by atoms with van der Waals surface area (Å²) in [6.07, 6.45) is 2.84. The second kappa shape index (κ2) is 10.8. The molecule has 0 aliphatic carbocycles. The van der Waals surface area contributed by atoms with Crippen LogP contribution in [0.2, 0.25) is 0 Å². The molecular weight excluding hydrogens is 412 g/mol. The summed E-state index contributed by atoms with van der Waals surface area (Å²) in [4.78, 5) is 24.1. The molecule has 3 aromatic rings. The third-order valence-corrected chi connectivity index (χ3v) is 4.51. The molecule has 0 bridgehead atoms. The van der Waals surface area contributed by atoms with Gasteiger partial charge in [-0.05, 0) is 73.9 Å². The van der Waals surface area contributed by atoms with Crippen LogP contribution in [0.1, 0.15) is 34.2 Å². The molecule has 1 N–H and O–H groups in total. The average Bonchev–Trinajstić information content (AvgIpc) is 3.32. The molecule has 2 aromatic carbocycles. The molecule has 0 atom stereocenters. The summed E-state index contributed by atoms with van der Waals surface area (Å²) >= 11 is 0. The first-order valence-electron chi connectivity index (χ1n) is 10.0. The Kier molecular flexibility index (Phi) is 7.64. The third-order valence-electron chi connectivity index (χ3n) is 4.51. The SMILES string of the molecule is CCOc1cc(C=NNC(=O)COc2cccc(C)c2C)ccc1OC(=O)c1ccco1. The van der Waals surface area contributed by atoms with Crippen molar-refractivity contribution in [3.05, 3.63) is 77.2 Å². The number of hydrogen-bond donors (Lipinski definition) is 1. The van der Waals surface area contributed by atoms with E-state index in [1.165, 1.54) is 18.5 Å². The molecule has 0 radical (unpaired) electrons. The predicted octanol–water partition coefficient (Wildman–Crippen LogP) is 4.04. The number of nitrogens with one attached hydrogen (secondary N) is 1. The van der Waals surface area contributed by atoms with Crippen molar-refractivity contribution in [1.29, 1.82) is 0 Å². The molecule has 1 amide bonds. The number of benzene rings is 2. The Bertz CT molecular complexity index is 1110. The van der Waals surface area contributed by atoms with Crippen molar-refractivity contribution >= 4 is 18.1 Å². The van der Waals surface area contributed by atoms with Crippen LogP contribution in [-0.2, 0) is 4.79 Å². The Morgan fingerprint density at radius 2 is 1.88 bits per heavy atom. The molecule has 1 heterocycles. The lowest BCUT2D eigenvalue weighted by atomic mass is 10.1. The van der Waals surface area contributed by atoms with Crippen LogP contribution in [0, 0.1) is 13.8 Å². The van der Waals surface area contributed by atoms with Crippen LogP contribution in [0.25, 0.3) is 0 Å². The van der Waals surface area contributed by atoms with E-state index in [4.69, 9.17) is 18.6 Å². The van der Waals surface area contributed by atoms with Crippen molar-refractivity contribution in [2.75, 3.05) is 13.2 Å². The van der Waals surface area contributed by atoms with E-state index in [2.05, 4.69) is 10.5 Å². The summed E-state index contributed by atoms with van der Waals surface area (Å²) in [5.41, 5.74) is 5.13. The van der Waals surface area contributed by atoms with Crippen LogP contribution in [0.15, 0.2) is 64.3 Å². The Morgan fingerprint density at radius 1 is 1.03 bits per heavy atom. The van der Waals surface area contributed by atoms with E-state index in [1.807, 2.05) is 39.0 Å². The minimum Gasteiger partial charge on any atom is -0.490 e. The van der Waals surface area contributed by atoms with Gasteiger partial charge in [0.15, 0.2) is 18.1 Å². The summed E-state index contributed by atoms with van der Waals surface area (Å²) in [6, 6.07) is 13.7. The summed E-state index contributed by atoms with van der Waals surface area (Å²) in [5.74, 6) is 0.330. The molecule has 0 fully saturated rings. The molecular formula is C24H24N2O6. The molecule has 32 heavy (non-hydrogen) atoms. The van der Waals surface area contributed by atoms with Crippen molar-refractivity contribution < 1.29 is 28.2 Å².